The number of halogens is 2. The van der Waals surface area contributed by atoms with Gasteiger partial charge in [0, 0.05) is 10.6 Å². The van der Waals surface area contributed by atoms with Crippen LogP contribution in [0, 0.1) is 35.5 Å². The molecular formula is C27H22Cl2N2O4. The van der Waals surface area contributed by atoms with Gasteiger partial charge < -0.3 is 0 Å². The van der Waals surface area contributed by atoms with Gasteiger partial charge in [-0.3, -0.25) is 19.2 Å². The van der Waals surface area contributed by atoms with Crippen LogP contribution in [0.5, 0.6) is 0 Å². The number of imide groups is 1. The first-order valence-corrected chi connectivity index (χ1v) is 12.5. The Morgan fingerprint density at radius 2 is 1.54 bits per heavy atom. The van der Waals surface area contributed by atoms with Gasteiger partial charge in [0.15, 0.2) is 5.78 Å². The number of allylic oxidation sites excluding steroid dienone is 2. The zero-order chi connectivity index (χ0) is 24.6. The van der Waals surface area contributed by atoms with E-state index in [-0.39, 0.29) is 28.2 Å². The van der Waals surface area contributed by atoms with Gasteiger partial charge >= 0.3 is 0 Å². The maximum absolute atomic E-state index is 13.9. The highest BCUT2D eigenvalue weighted by atomic mass is 35.5. The first-order chi connectivity index (χ1) is 16.8. The van der Waals surface area contributed by atoms with Gasteiger partial charge in [0.25, 0.3) is 17.7 Å². The monoisotopic (exact) mass is 508 g/mol. The van der Waals surface area contributed by atoms with Crippen LogP contribution in [0.4, 0.5) is 0 Å². The van der Waals surface area contributed by atoms with Gasteiger partial charge in [-0.1, -0.05) is 65.7 Å². The van der Waals surface area contributed by atoms with Crippen molar-refractivity contribution < 1.29 is 19.2 Å². The van der Waals surface area contributed by atoms with E-state index < -0.39 is 35.6 Å². The number of carbonyl (C=O) groups is 4. The Morgan fingerprint density at radius 1 is 0.943 bits per heavy atom. The molecule has 1 aliphatic heterocycles. The van der Waals surface area contributed by atoms with Gasteiger partial charge in [0.1, 0.15) is 6.04 Å². The summed E-state index contributed by atoms with van der Waals surface area (Å²) in [5.74, 6) is -2.11. The number of Topliss-reactive ketones (excluding diaryl/α,β-unsaturated/α-hetero) is 1. The van der Waals surface area contributed by atoms with Gasteiger partial charge in [0.2, 0.25) is 0 Å². The van der Waals surface area contributed by atoms with Crippen molar-refractivity contribution in [2.75, 3.05) is 0 Å². The summed E-state index contributed by atoms with van der Waals surface area (Å²) in [6, 6.07) is 11.8. The number of amides is 3. The zero-order valence-corrected chi connectivity index (χ0v) is 20.3. The van der Waals surface area contributed by atoms with E-state index >= 15 is 0 Å². The lowest BCUT2D eigenvalue weighted by molar-refractivity contribution is -0.156. The molecule has 3 fully saturated rings. The highest BCUT2D eigenvalue weighted by molar-refractivity contribution is 6.36. The number of hydrogen-bond acceptors (Lipinski definition) is 4. The normalized spacial score (nSPS) is 30.7. The molecule has 2 saturated carbocycles. The number of hydrazine groups is 1. The molecule has 4 aliphatic carbocycles. The Labute approximate surface area is 212 Å². The molecule has 2 aromatic rings. The molecule has 3 amide bonds. The van der Waals surface area contributed by atoms with E-state index in [9.17, 15) is 19.2 Å². The summed E-state index contributed by atoms with van der Waals surface area (Å²) in [5.41, 5.74) is 0.433. The molecular weight excluding hydrogens is 487 g/mol. The van der Waals surface area contributed by atoms with Gasteiger partial charge in [-0.15, -0.1) is 0 Å². The molecule has 7 rings (SSSR count). The van der Waals surface area contributed by atoms with Crippen molar-refractivity contribution in [3.8, 4) is 0 Å². The van der Waals surface area contributed by atoms with Crippen LogP contribution >= 0.6 is 23.2 Å². The highest BCUT2D eigenvalue weighted by Gasteiger charge is 2.68. The van der Waals surface area contributed by atoms with Crippen LogP contribution in [0.3, 0.4) is 0 Å². The number of benzene rings is 2. The van der Waals surface area contributed by atoms with Gasteiger partial charge in [-0.2, -0.15) is 5.01 Å². The largest absolute Gasteiger partial charge is 0.292 e. The Bertz CT molecular complexity index is 1270. The maximum atomic E-state index is 13.9. The molecule has 7 atom stereocenters. The Balaban J connectivity index is 1.42. The average molecular weight is 509 g/mol. The zero-order valence-electron chi connectivity index (χ0n) is 18.8. The third-order valence-corrected chi connectivity index (χ3v) is 8.58. The highest BCUT2D eigenvalue weighted by Crippen LogP contribution is 2.65. The standard InChI is InChI=1S/C27H22Cl2N2O4/c1-13(24(32)14-5-3-2-4-6-14)30(25(33)18-8-7-15(28)11-21(18)29)31-26(34)22-16-9-10-17(20-12-19(16)20)23(22)27(31)35/h2-11,13,16-17,19-20,22-23H,12H2,1H3/t13-,16+,17+,19+,20+,22-,23-/m1/s1. The van der Waals surface area contributed by atoms with Crippen molar-refractivity contribution in [2.24, 2.45) is 35.5 Å². The van der Waals surface area contributed by atoms with Crippen molar-refractivity contribution in [1.82, 2.24) is 10.0 Å². The van der Waals surface area contributed by atoms with Gasteiger partial charge in [0.05, 0.1) is 22.4 Å². The van der Waals surface area contributed by atoms with Crippen molar-refractivity contribution >= 4 is 46.7 Å². The molecule has 0 N–H and O–H groups in total. The second kappa shape index (κ2) is 8.04. The summed E-state index contributed by atoms with van der Waals surface area (Å²) in [5, 5.41) is 2.36. The smallest absolute Gasteiger partial charge is 0.275 e. The lowest BCUT2D eigenvalue weighted by atomic mass is 9.63. The van der Waals surface area contributed by atoms with E-state index in [4.69, 9.17) is 23.2 Å². The maximum Gasteiger partial charge on any atom is 0.275 e. The first kappa shape index (κ1) is 22.5. The van der Waals surface area contributed by atoms with Crippen LogP contribution in [0.25, 0.3) is 0 Å². The Hall–Kier alpha value is -2.96. The van der Waals surface area contributed by atoms with E-state index in [1.807, 2.05) is 0 Å². The number of ketones is 1. The molecule has 8 heteroatoms. The van der Waals surface area contributed by atoms with E-state index in [1.165, 1.54) is 25.1 Å². The van der Waals surface area contributed by atoms with Crippen LogP contribution in [-0.2, 0) is 9.59 Å². The second-order valence-corrected chi connectivity index (χ2v) is 10.7. The molecule has 1 saturated heterocycles. The third-order valence-electron chi connectivity index (χ3n) is 8.03. The number of nitrogens with zero attached hydrogens (tertiary/aromatic N) is 2. The summed E-state index contributed by atoms with van der Waals surface area (Å²) in [6.45, 7) is 1.53. The predicted octanol–water partition coefficient (Wildman–Crippen LogP) is 4.68. The van der Waals surface area contributed by atoms with Crippen LogP contribution in [0.2, 0.25) is 10.0 Å². The lowest BCUT2D eigenvalue weighted by Crippen LogP contribution is -2.56. The number of rotatable bonds is 5. The minimum Gasteiger partial charge on any atom is -0.292 e. The fourth-order valence-corrected chi connectivity index (χ4v) is 6.82. The molecule has 0 aromatic heterocycles. The Morgan fingerprint density at radius 3 is 2.11 bits per heavy atom. The van der Waals surface area contributed by atoms with E-state index in [0.29, 0.717) is 22.4 Å². The van der Waals surface area contributed by atoms with Crippen LogP contribution < -0.4 is 0 Å². The minimum atomic E-state index is -1.12. The molecule has 1 heterocycles. The fourth-order valence-electron chi connectivity index (χ4n) is 6.33. The summed E-state index contributed by atoms with van der Waals surface area (Å²) in [4.78, 5) is 54.9. The first-order valence-electron chi connectivity index (χ1n) is 11.7. The molecule has 35 heavy (non-hydrogen) atoms. The summed E-state index contributed by atoms with van der Waals surface area (Å²) >= 11 is 12.4. The van der Waals surface area contributed by atoms with Gasteiger partial charge in [-0.05, 0) is 55.2 Å². The van der Waals surface area contributed by atoms with Crippen molar-refractivity contribution in [1.29, 1.82) is 0 Å². The molecule has 2 bridgehead atoms. The third kappa shape index (κ3) is 3.30. The topological polar surface area (TPSA) is 74.8 Å². The predicted molar refractivity (Wildman–Crippen MR) is 129 cm³/mol. The molecule has 6 nitrogen and oxygen atoms in total. The second-order valence-electron chi connectivity index (χ2n) is 9.82. The average Bonchev–Trinajstić information content (AvgIpc) is 3.64. The van der Waals surface area contributed by atoms with Crippen LogP contribution in [0.1, 0.15) is 34.1 Å². The van der Waals surface area contributed by atoms with E-state index in [0.717, 1.165) is 16.4 Å². The van der Waals surface area contributed by atoms with E-state index in [1.54, 1.807) is 30.3 Å². The molecule has 0 unspecified atom stereocenters. The number of hydrogen-bond donors (Lipinski definition) is 0. The minimum absolute atomic E-state index is 0.00680. The molecule has 0 radical (unpaired) electrons. The molecule has 2 aromatic carbocycles. The molecule has 0 spiro atoms. The summed E-state index contributed by atoms with van der Waals surface area (Å²) in [7, 11) is 0. The van der Waals surface area contributed by atoms with Gasteiger partial charge in [-0.25, -0.2) is 5.01 Å². The van der Waals surface area contributed by atoms with Crippen molar-refractivity contribution in [3.05, 3.63) is 81.9 Å². The molecule has 178 valence electrons. The van der Waals surface area contributed by atoms with Crippen molar-refractivity contribution in [2.45, 2.75) is 19.4 Å². The summed E-state index contributed by atoms with van der Waals surface area (Å²) < 4.78 is 0. The lowest BCUT2D eigenvalue weighted by Gasteiger charge is -2.37. The molecule has 5 aliphatic rings. The quantitative estimate of drug-likeness (QED) is 0.334. The SMILES string of the molecule is C[C@H](C(=O)c1ccccc1)N(C(=O)c1ccc(Cl)cc1Cl)N1C(=O)[C@@H]2[C@H]3C=C[C@@H]([C@@H]4C[C@@H]34)[C@H]2C1=O. The van der Waals surface area contributed by atoms with E-state index in [2.05, 4.69) is 12.2 Å². The Kier molecular flexibility index (Phi) is 5.17. The van der Waals surface area contributed by atoms with Crippen LogP contribution in [0.15, 0.2) is 60.7 Å². The number of carbonyl (C=O) groups excluding carboxylic acids is 4. The summed E-state index contributed by atoms with van der Waals surface area (Å²) in [6.07, 6.45) is 5.16. The fraction of sp³-hybridized carbons (Fsp3) is 0.333. The van der Waals surface area contributed by atoms with Crippen molar-refractivity contribution in [3.63, 3.8) is 0 Å². The van der Waals surface area contributed by atoms with Crippen LogP contribution in [-0.4, -0.2) is 39.6 Å².